The van der Waals surface area contributed by atoms with Crippen molar-refractivity contribution in [2.24, 2.45) is 0 Å². The number of nitrogens with one attached hydrogen (secondary N) is 2. The van der Waals surface area contributed by atoms with Crippen molar-refractivity contribution in [1.82, 2.24) is 15.5 Å². The van der Waals surface area contributed by atoms with Crippen LogP contribution in [0, 0.1) is 13.8 Å². The van der Waals surface area contributed by atoms with Crippen LogP contribution in [0.2, 0.25) is 0 Å². The third-order valence-electron chi connectivity index (χ3n) is 4.94. The van der Waals surface area contributed by atoms with Gasteiger partial charge in [0.1, 0.15) is 6.10 Å². The Kier molecular flexibility index (Phi) is 5.02. The Hall–Kier alpha value is -1.40. The molecule has 6 heteroatoms. The van der Waals surface area contributed by atoms with Crippen LogP contribution >= 0.6 is 0 Å². The van der Waals surface area contributed by atoms with Gasteiger partial charge in [0.2, 0.25) is 5.91 Å². The lowest BCUT2D eigenvalue weighted by atomic mass is 9.94. The standard InChI is InChI=1S/C17H27N3O3/c1-12-15(13(2)20-19-12)6-7-16(21)18-10-14-11-22-17(23-14)8-4-3-5-9-17/h14H,3-11H2,1-2H3,(H,18,21)(H,19,20)/t14-/m1/s1. The Bertz CT molecular complexity index is 530. The van der Waals surface area contributed by atoms with Crippen LogP contribution in [0.5, 0.6) is 0 Å². The summed E-state index contributed by atoms with van der Waals surface area (Å²) in [5.41, 5.74) is 3.16. The van der Waals surface area contributed by atoms with Gasteiger partial charge in [-0.25, -0.2) is 0 Å². The van der Waals surface area contributed by atoms with E-state index in [9.17, 15) is 4.79 Å². The second kappa shape index (κ2) is 7.01. The van der Waals surface area contributed by atoms with Gasteiger partial charge in [0, 0.05) is 31.5 Å². The van der Waals surface area contributed by atoms with Gasteiger partial charge in [0.15, 0.2) is 5.79 Å². The molecule has 6 nitrogen and oxygen atoms in total. The van der Waals surface area contributed by atoms with Crippen LogP contribution in [0.25, 0.3) is 0 Å². The maximum Gasteiger partial charge on any atom is 0.220 e. The molecular weight excluding hydrogens is 294 g/mol. The summed E-state index contributed by atoms with van der Waals surface area (Å²) in [7, 11) is 0. The van der Waals surface area contributed by atoms with Gasteiger partial charge in [-0.05, 0) is 38.7 Å². The molecule has 2 N–H and O–H groups in total. The van der Waals surface area contributed by atoms with Crippen LogP contribution < -0.4 is 5.32 Å². The molecule has 1 atom stereocenters. The van der Waals surface area contributed by atoms with Crippen molar-refractivity contribution in [2.75, 3.05) is 13.2 Å². The molecule has 2 heterocycles. The zero-order chi connectivity index (χ0) is 16.3. The van der Waals surface area contributed by atoms with Crippen molar-refractivity contribution >= 4 is 5.91 Å². The predicted molar refractivity (Wildman–Crippen MR) is 86.0 cm³/mol. The molecule has 1 aliphatic carbocycles. The number of ether oxygens (including phenoxy) is 2. The molecule has 1 spiro atoms. The van der Waals surface area contributed by atoms with Crippen molar-refractivity contribution < 1.29 is 14.3 Å². The fourth-order valence-electron chi connectivity index (χ4n) is 3.57. The third kappa shape index (κ3) is 3.93. The van der Waals surface area contributed by atoms with E-state index in [0.29, 0.717) is 26.0 Å². The Morgan fingerprint density at radius 1 is 1.35 bits per heavy atom. The molecule has 0 unspecified atom stereocenters. The van der Waals surface area contributed by atoms with Crippen LogP contribution in [0.3, 0.4) is 0 Å². The monoisotopic (exact) mass is 321 g/mol. The van der Waals surface area contributed by atoms with Gasteiger partial charge >= 0.3 is 0 Å². The van der Waals surface area contributed by atoms with E-state index in [4.69, 9.17) is 9.47 Å². The number of H-pyrrole nitrogens is 1. The molecular formula is C17H27N3O3. The average Bonchev–Trinajstić information content (AvgIpc) is 3.08. The van der Waals surface area contributed by atoms with E-state index in [1.807, 2.05) is 13.8 Å². The van der Waals surface area contributed by atoms with Crippen molar-refractivity contribution in [2.45, 2.75) is 70.7 Å². The van der Waals surface area contributed by atoms with Crippen LogP contribution in [-0.4, -0.2) is 41.1 Å². The average molecular weight is 321 g/mol. The molecule has 3 rings (SSSR count). The van der Waals surface area contributed by atoms with E-state index in [1.165, 1.54) is 19.3 Å². The zero-order valence-corrected chi connectivity index (χ0v) is 14.1. The number of amides is 1. The summed E-state index contributed by atoms with van der Waals surface area (Å²) in [5, 5.41) is 10.1. The smallest absolute Gasteiger partial charge is 0.220 e. The number of carbonyl (C=O) groups excluding carboxylic acids is 1. The molecule has 128 valence electrons. The minimum Gasteiger partial charge on any atom is -0.353 e. The van der Waals surface area contributed by atoms with Gasteiger partial charge < -0.3 is 14.8 Å². The van der Waals surface area contributed by atoms with Crippen molar-refractivity contribution in [3.8, 4) is 0 Å². The number of carbonyl (C=O) groups is 1. The van der Waals surface area contributed by atoms with Gasteiger partial charge in [-0.15, -0.1) is 0 Å². The highest BCUT2D eigenvalue weighted by molar-refractivity contribution is 5.76. The maximum absolute atomic E-state index is 12.0. The summed E-state index contributed by atoms with van der Waals surface area (Å²) in [4.78, 5) is 12.0. The molecule has 2 aliphatic rings. The molecule has 1 amide bonds. The Morgan fingerprint density at radius 2 is 2.13 bits per heavy atom. The Balaban J connectivity index is 1.40. The molecule has 0 aromatic carbocycles. The largest absolute Gasteiger partial charge is 0.353 e. The number of hydrogen-bond acceptors (Lipinski definition) is 4. The highest BCUT2D eigenvalue weighted by atomic mass is 16.7. The van der Waals surface area contributed by atoms with Gasteiger partial charge in [-0.3, -0.25) is 9.89 Å². The maximum atomic E-state index is 12.0. The van der Waals surface area contributed by atoms with Crippen LogP contribution in [-0.2, 0) is 20.7 Å². The summed E-state index contributed by atoms with van der Waals surface area (Å²) < 4.78 is 12.0. The first-order valence-corrected chi connectivity index (χ1v) is 8.67. The fraction of sp³-hybridized carbons (Fsp3) is 0.765. The summed E-state index contributed by atoms with van der Waals surface area (Å²) >= 11 is 0. The van der Waals surface area contributed by atoms with Crippen molar-refractivity contribution in [1.29, 1.82) is 0 Å². The number of hydrogen-bond donors (Lipinski definition) is 2. The SMILES string of the molecule is Cc1n[nH]c(C)c1CCC(=O)NC[C@@H]1COC2(CCCCC2)O1. The molecule has 1 aromatic rings. The predicted octanol–water partition coefficient (Wildman–Crippen LogP) is 2.15. The lowest BCUT2D eigenvalue weighted by Gasteiger charge is -2.31. The quantitative estimate of drug-likeness (QED) is 0.871. The van der Waals surface area contributed by atoms with E-state index in [0.717, 1.165) is 29.8 Å². The van der Waals surface area contributed by atoms with E-state index in [1.54, 1.807) is 0 Å². The number of aryl methyl sites for hydroxylation is 2. The summed E-state index contributed by atoms with van der Waals surface area (Å²) in [6.07, 6.45) is 6.74. The lowest BCUT2D eigenvalue weighted by molar-refractivity contribution is -0.186. The molecule has 1 saturated heterocycles. The van der Waals surface area contributed by atoms with Gasteiger partial charge in [0.05, 0.1) is 12.3 Å². The summed E-state index contributed by atoms with van der Waals surface area (Å²) in [5.74, 6) is -0.309. The minimum atomic E-state index is -0.362. The van der Waals surface area contributed by atoms with Crippen LogP contribution in [0.15, 0.2) is 0 Å². The molecule has 1 aliphatic heterocycles. The van der Waals surface area contributed by atoms with Crippen molar-refractivity contribution in [3.63, 3.8) is 0 Å². The lowest BCUT2D eigenvalue weighted by Crippen LogP contribution is -2.37. The first-order valence-electron chi connectivity index (χ1n) is 8.67. The summed E-state index contributed by atoms with van der Waals surface area (Å²) in [6.45, 7) is 5.06. The van der Waals surface area contributed by atoms with E-state index in [-0.39, 0.29) is 17.8 Å². The topological polar surface area (TPSA) is 76.2 Å². The minimum absolute atomic E-state index is 0.0190. The molecule has 0 radical (unpaired) electrons. The fourth-order valence-corrected chi connectivity index (χ4v) is 3.57. The van der Waals surface area contributed by atoms with E-state index < -0.39 is 0 Å². The van der Waals surface area contributed by atoms with Crippen LogP contribution in [0.1, 0.15) is 55.5 Å². The number of aromatic amines is 1. The van der Waals surface area contributed by atoms with Gasteiger partial charge in [-0.1, -0.05) is 6.42 Å². The number of nitrogens with zero attached hydrogens (tertiary/aromatic N) is 1. The first-order chi connectivity index (χ1) is 11.1. The number of rotatable bonds is 5. The van der Waals surface area contributed by atoms with Gasteiger partial charge in [0.25, 0.3) is 0 Å². The molecule has 1 aromatic heterocycles. The molecule has 23 heavy (non-hydrogen) atoms. The first kappa shape index (κ1) is 16.5. The van der Waals surface area contributed by atoms with E-state index >= 15 is 0 Å². The Morgan fingerprint density at radius 3 is 2.83 bits per heavy atom. The highest BCUT2D eigenvalue weighted by Crippen LogP contribution is 2.37. The zero-order valence-electron chi connectivity index (χ0n) is 14.1. The van der Waals surface area contributed by atoms with Gasteiger partial charge in [-0.2, -0.15) is 5.10 Å². The number of aromatic nitrogens is 2. The molecule has 2 fully saturated rings. The second-order valence-corrected chi connectivity index (χ2v) is 6.74. The third-order valence-corrected chi connectivity index (χ3v) is 4.94. The second-order valence-electron chi connectivity index (χ2n) is 6.74. The molecule has 0 bridgehead atoms. The normalized spacial score (nSPS) is 23.3. The Labute approximate surface area is 137 Å². The van der Waals surface area contributed by atoms with Crippen molar-refractivity contribution in [3.05, 3.63) is 17.0 Å². The van der Waals surface area contributed by atoms with Crippen LogP contribution in [0.4, 0.5) is 0 Å². The molecule has 1 saturated carbocycles. The summed E-state index contributed by atoms with van der Waals surface area (Å²) in [6, 6.07) is 0. The van der Waals surface area contributed by atoms with E-state index in [2.05, 4.69) is 15.5 Å². The highest BCUT2D eigenvalue weighted by Gasteiger charge is 2.42.